The first-order valence-corrected chi connectivity index (χ1v) is 6.24. The molecular formula is C11H16ClN5O. The Morgan fingerprint density at radius 1 is 1.67 bits per heavy atom. The summed E-state index contributed by atoms with van der Waals surface area (Å²) in [5.41, 5.74) is 5.36. The highest BCUT2D eigenvalue weighted by molar-refractivity contribution is 6.32. The lowest BCUT2D eigenvalue weighted by atomic mass is 9.97. The van der Waals surface area contributed by atoms with E-state index in [2.05, 4.69) is 15.3 Å². The minimum Gasteiger partial charge on any atom is -0.369 e. The van der Waals surface area contributed by atoms with Crippen molar-refractivity contribution in [2.24, 2.45) is 11.7 Å². The van der Waals surface area contributed by atoms with E-state index in [9.17, 15) is 4.79 Å². The van der Waals surface area contributed by atoms with Gasteiger partial charge in [0, 0.05) is 20.1 Å². The van der Waals surface area contributed by atoms with Gasteiger partial charge in [0.25, 0.3) is 0 Å². The van der Waals surface area contributed by atoms with Crippen LogP contribution in [0.1, 0.15) is 12.8 Å². The maximum absolute atomic E-state index is 11.3. The maximum Gasteiger partial charge on any atom is 0.224 e. The summed E-state index contributed by atoms with van der Waals surface area (Å²) in [7, 11) is 1.75. The Labute approximate surface area is 111 Å². The minimum atomic E-state index is -0.265. The summed E-state index contributed by atoms with van der Waals surface area (Å²) in [6.07, 6.45) is 3.29. The van der Waals surface area contributed by atoms with Gasteiger partial charge in [0.2, 0.25) is 11.9 Å². The molecule has 0 bridgehead atoms. The topological polar surface area (TPSA) is 84.1 Å². The Hall–Kier alpha value is -1.56. The van der Waals surface area contributed by atoms with Crippen LogP contribution in [0, 0.1) is 5.92 Å². The Kier molecular flexibility index (Phi) is 3.86. The Morgan fingerprint density at radius 3 is 3.11 bits per heavy atom. The van der Waals surface area contributed by atoms with Crippen LogP contribution in [0.4, 0.5) is 11.8 Å². The van der Waals surface area contributed by atoms with E-state index in [0.29, 0.717) is 23.3 Å². The number of nitrogens with one attached hydrogen (secondary N) is 1. The van der Waals surface area contributed by atoms with Crippen LogP contribution in [0.5, 0.6) is 0 Å². The standard InChI is InChI=1S/C11H16ClN5O/c1-14-11-15-5-8(12)10(16-11)17-4-2-3-7(6-17)9(13)18/h5,7H,2-4,6H2,1H3,(H2,13,18)(H,14,15,16). The normalized spacial score (nSPS) is 19.7. The molecule has 1 atom stereocenters. The molecular weight excluding hydrogens is 254 g/mol. The Morgan fingerprint density at radius 2 is 2.44 bits per heavy atom. The molecule has 2 rings (SSSR count). The molecule has 2 heterocycles. The number of piperidine rings is 1. The lowest BCUT2D eigenvalue weighted by molar-refractivity contribution is -0.122. The van der Waals surface area contributed by atoms with Crippen molar-refractivity contribution in [2.75, 3.05) is 30.4 Å². The first-order valence-electron chi connectivity index (χ1n) is 5.86. The summed E-state index contributed by atoms with van der Waals surface area (Å²) in [6, 6.07) is 0. The van der Waals surface area contributed by atoms with Crippen LogP contribution in [0.3, 0.4) is 0 Å². The first-order chi connectivity index (χ1) is 8.61. The van der Waals surface area contributed by atoms with Crippen molar-refractivity contribution in [2.45, 2.75) is 12.8 Å². The molecule has 0 aliphatic carbocycles. The van der Waals surface area contributed by atoms with Gasteiger partial charge in [-0.2, -0.15) is 4.98 Å². The average Bonchev–Trinajstić information content (AvgIpc) is 2.39. The van der Waals surface area contributed by atoms with E-state index in [-0.39, 0.29) is 11.8 Å². The van der Waals surface area contributed by atoms with Crippen molar-refractivity contribution < 1.29 is 4.79 Å². The second-order valence-electron chi connectivity index (χ2n) is 4.30. The van der Waals surface area contributed by atoms with Crippen LogP contribution in [0.15, 0.2) is 6.20 Å². The van der Waals surface area contributed by atoms with Crippen molar-refractivity contribution in [1.82, 2.24) is 9.97 Å². The van der Waals surface area contributed by atoms with Gasteiger partial charge in [-0.15, -0.1) is 0 Å². The fourth-order valence-corrected chi connectivity index (χ4v) is 2.31. The SMILES string of the molecule is CNc1ncc(Cl)c(N2CCCC(C(N)=O)C2)n1. The largest absolute Gasteiger partial charge is 0.369 e. The van der Waals surface area contributed by atoms with Gasteiger partial charge in [-0.25, -0.2) is 4.98 Å². The summed E-state index contributed by atoms with van der Waals surface area (Å²) in [6.45, 7) is 1.39. The number of hydrogen-bond acceptors (Lipinski definition) is 5. The number of anilines is 2. The zero-order valence-electron chi connectivity index (χ0n) is 10.2. The maximum atomic E-state index is 11.3. The van der Waals surface area contributed by atoms with E-state index in [1.807, 2.05) is 4.90 Å². The van der Waals surface area contributed by atoms with Crippen LogP contribution < -0.4 is 16.0 Å². The number of primary amides is 1. The van der Waals surface area contributed by atoms with E-state index in [1.54, 1.807) is 13.2 Å². The van der Waals surface area contributed by atoms with E-state index >= 15 is 0 Å². The number of nitrogens with two attached hydrogens (primary N) is 1. The summed E-state index contributed by atoms with van der Waals surface area (Å²) in [5.74, 6) is 0.763. The van der Waals surface area contributed by atoms with Gasteiger partial charge < -0.3 is 16.0 Å². The number of aromatic nitrogens is 2. The van der Waals surface area contributed by atoms with Gasteiger partial charge in [0.1, 0.15) is 5.02 Å². The van der Waals surface area contributed by atoms with Gasteiger partial charge >= 0.3 is 0 Å². The van der Waals surface area contributed by atoms with Crippen molar-refractivity contribution in [3.05, 3.63) is 11.2 Å². The number of halogens is 1. The number of hydrogen-bond donors (Lipinski definition) is 2. The number of carbonyl (C=O) groups is 1. The van der Waals surface area contributed by atoms with Crippen LogP contribution in [0.2, 0.25) is 5.02 Å². The predicted octanol–water partition coefficient (Wildman–Crippen LogP) is 0.873. The third kappa shape index (κ3) is 2.64. The zero-order chi connectivity index (χ0) is 13.1. The molecule has 0 spiro atoms. The van der Waals surface area contributed by atoms with Gasteiger partial charge in [-0.3, -0.25) is 4.79 Å². The molecule has 1 unspecified atom stereocenters. The third-order valence-corrected chi connectivity index (χ3v) is 3.34. The quantitative estimate of drug-likeness (QED) is 0.851. The van der Waals surface area contributed by atoms with Crippen LogP contribution in [0.25, 0.3) is 0 Å². The average molecular weight is 270 g/mol. The smallest absolute Gasteiger partial charge is 0.224 e. The van der Waals surface area contributed by atoms with Crippen LogP contribution >= 0.6 is 11.6 Å². The van der Waals surface area contributed by atoms with Crippen LogP contribution in [-0.2, 0) is 4.79 Å². The molecule has 1 aromatic rings. The van der Waals surface area contributed by atoms with E-state index in [0.717, 1.165) is 19.4 Å². The molecule has 6 nitrogen and oxygen atoms in total. The molecule has 1 amide bonds. The van der Waals surface area contributed by atoms with E-state index < -0.39 is 0 Å². The summed E-state index contributed by atoms with van der Waals surface area (Å²) < 4.78 is 0. The van der Waals surface area contributed by atoms with Gasteiger partial charge in [-0.1, -0.05) is 11.6 Å². The summed E-state index contributed by atoms with van der Waals surface area (Å²) in [4.78, 5) is 21.6. The minimum absolute atomic E-state index is 0.136. The van der Waals surface area contributed by atoms with Crippen molar-refractivity contribution in [3.8, 4) is 0 Å². The van der Waals surface area contributed by atoms with Crippen LogP contribution in [-0.4, -0.2) is 36.0 Å². The molecule has 18 heavy (non-hydrogen) atoms. The molecule has 1 aliphatic rings. The van der Waals surface area contributed by atoms with Crippen molar-refractivity contribution in [3.63, 3.8) is 0 Å². The second-order valence-corrected chi connectivity index (χ2v) is 4.71. The fourth-order valence-electron chi connectivity index (χ4n) is 2.10. The highest BCUT2D eigenvalue weighted by Crippen LogP contribution is 2.28. The lowest BCUT2D eigenvalue weighted by Crippen LogP contribution is -2.41. The monoisotopic (exact) mass is 269 g/mol. The molecule has 3 N–H and O–H groups in total. The Bertz CT molecular complexity index is 453. The van der Waals surface area contributed by atoms with Gasteiger partial charge in [0.15, 0.2) is 5.82 Å². The highest BCUT2D eigenvalue weighted by atomic mass is 35.5. The predicted molar refractivity (Wildman–Crippen MR) is 70.7 cm³/mol. The van der Waals surface area contributed by atoms with E-state index in [4.69, 9.17) is 17.3 Å². The number of nitrogens with zero attached hydrogens (tertiary/aromatic N) is 3. The van der Waals surface area contributed by atoms with Gasteiger partial charge in [0.05, 0.1) is 12.1 Å². The first kappa shape index (κ1) is 12.9. The number of rotatable bonds is 3. The molecule has 0 aromatic carbocycles. The molecule has 98 valence electrons. The number of amides is 1. The van der Waals surface area contributed by atoms with Gasteiger partial charge in [-0.05, 0) is 12.8 Å². The number of carbonyl (C=O) groups excluding carboxylic acids is 1. The summed E-state index contributed by atoms with van der Waals surface area (Å²) in [5, 5.41) is 3.35. The second kappa shape index (κ2) is 5.39. The van der Waals surface area contributed by atoms with Crippen molar-refractivity contribution >= 4 is 29.3 Å². The highest BCUT2D eigenvalue weighted by Gasteiger charge is 2.26. The van der Waals surface area contributed by atoms with E-state index in [1.165, 1.54) is 0 Å². The fraction of sp³-hybridized carbons (Fsp3) is 0.545. The third-order valence-electron chi connectivity index (χ3n) is 3.07. The molecule has 1 fully saturated rings. The molecule has 0 saturated carbocycles. The Balaban J connectivity index is 2.22. The molecule has 1 aliphatic heterocycles. The lowest BCUT2D eigenvalue weighted by Gasteiger charge is -2.32. The molecule has 0 radical (unpaired) electrons. The molecule has 1 saturated heterocycles. The molecule has 7 heteroatoms. The zero-order valence-corrected chi connectivity index (χ0v) is 10.9. The summed E-state index contributed by atoms with van der Waals surface area (Å²) >= 11 is 6.10. The molecule has 1 aromatic heterocycles. The van der Waals surface area contributed by atoms with Crippen molar-refractivity contribution in [1.29, 1.82) is 0 Å².